The number of rotatable bonds is 6. The van der Waals surface area contributed by atoms with Gasteiger partial charge in [0.2, 0.25) is 11.8 Å². The maximum absolute atomic E-state index is 12.7. The minimum atomic E-state index is -0.468. The summed E-state index contributed by atoms with van der Waals surface area (Å²) in [6.07, 6.45) is 0.161. The minimum Gasteiger partial charge on any atom is -0.383 e. The molecule has 1 atom stereocenters. The quantitative estimate of drug-likeness (QED) is 0.828. The second kappa shape index (κ2) is 7.70. The molecule has 2 aromatic rings. The van der Waals surface area contributed by atoms with Crippen LogP contribution in [0.4, 0.5) is 5.69 Å². The Balaban J connectivity index is 1.72. The maximum Gasteiger partial charge on any atom is 0.228 e. The molecule has 0 saturated carbocycles. The number of aromatic nitrogens is 2. The minimum absolute atomic E-state index is 0.136. The van der Waals surface area contributed by atoms with Crippen LogP contribution in [0.15, 0.2) is 24.3 Å². The smallest absolute Gasteiger partial charge is 0.228 e. The summed E-state index contributed by atoms with van der Waals surface area (Å²) in [7, 11) is 1.66. The molecule has 0 saturated heterocycles. The predicted molar refractivity (Wildman–Crippen MR) is 97.9 cm³/mol. The van der Waals surface area contributed by atoms with Gasteiger partial charge in [0.15, 0.2) is 0 Å². The van der Waals surface area contributed by atoms with Crippen molar-refractivity contribution >= 4 is 17.5 Å². The van der Waals surface area contributed by atoms with Crippen LogP contribution in [0.3, 0.4) is 0 Å². The third kappa shape index (κ3) is 3.62. The van der Waals surface area contributed by atoms with Crippen LogP contribution in [0.5, 0.6) is 0 Å². The molecule has 1 aliphatic heterocycles. The Morgan fingerprint density at radius 3 is 2.92 bits per heavy atom. The van der Waals surface area contributed by atoms with Crippen molar-refractivity contribution in [1.82, 2.24) is 15.1 Å². The number of carbonyl (C=O) groups excluding carboxylic acids is 2. The molecule has 0 spiro atoms. The molecule has 2 amide bonds. The number of benzene rings is 1. The van der Waals surface area contributed by atoms with Gasteiger partial charge < -0.3 is 15.4 Å². The van der Waals surface area contributed by atoms with Crippen LogP contribution in [0, 0.1) is 13.8 Å². The molecular formula is C19H24N4O3. The van der Waals surface area contributed by atoms with E-state index in [1.807, 2.05) is 42.8 Å². The standard InChI is InChI=1S/C19H24N4O3/c1-12-16(13(2)23(22-12)8-9-26-3)11-20-19(25)15-10-18(24)21-17-7-5-4-6-14(15)17/h4-7,15H,8-11H2,1-3H3,(H,20,25)(H,21,24)/t15-/m0/s1. The highest BCUT2D eigenvalue weighted by molar-refractivity contribution is 6.01. The number of methoxy groups -OCH3 is 1. The SMILES string of the molecule is COCCn1nc(C)c(CNC(=O)[C@H]2CC(=O)Nc3ccccc32)c1C. The van der Waals surface area contributed by atoms with Crippen molar-refractivity contribution in [3.8, 4) is 0 Å². The van der Waals surface area contributed by atoms with Crippen molar-refractivity contribution in [2.45, 2.75) is 39.3 Å². The van der Waals surface area contributed by atoms with E-state index in [1.54, 1.807) is 7.11 Å². The van der Waals surface area contributed by atoms with E-state index in [-0.39, 0.29) is 18.2 Å². The topological polar surface area (TPSA) is 85.2 Å². The van der Waals surface area contributed by atoms with Crippen molar-refractivity contribution < 1.29 is 14.3 Å². The molecule has 2 heterocycles. The average molecular weight is 356 g/mol. The normalized spacial score (nSPS) is 16.1. The van der Waals surface area contributed by atoms with Gasteiger partial charge in [-0.1, -0.05) is 18.2 Å². The first-order chi connectivity index (χ1) is 12.5. The lowest BCUT2D eigenvalue weighted by Crippen LogP contribution is -2.34. The van der Waals surface area contributed by atoms with Gasteiger partial charge in [-0.15, -0.1) is 0 Å². The first-order valence-electron chi connectivity index (χ1n) is 8.69. The molecule has 0 bridgehead atoms. The lowest BCUT2D eigenvalue weighted by molar-refractivity contribution is -0.126. The number of hydrogen-bond acceptors (Lipinski definition) is 4. The monoisotopic (exact) mass is 356 g/mol. The lowest BCUT2D eigenvalue weighted by atomic mass is 9.90. The number of hydrogen-bond donors (Lipinski definition) is 2. The molecule has 0 unspecified atom stereocenters. The predicted octanol–water partition coefficient (Wildman–Crippen LogP) is 1.89. The zero-order valence-electron chi connectivity index (χ0n) is 15.3. The van der Waals surface area contributed by atoms with Crippen LogP contribution in [0.1, 0.15) is 34.9 Å². The summed E-state index contributed by atoms with van der Waals surface area (Å²) in [6, 6.07) is 7.43. The summed E-state index contributed by atoms with van der Waals surface area (Å²) < 4.78 is 6.99. The molecule has 7 heteroatoms. The Hall–Kier alpha value is -2.67. The van der Waals surface area contributed by atoms with Gasteiger partial charge in [0.1, 0.15) is 0 Å². The Bertz CT molecular complexity index is 828. The molecule has 26 heavy (non-hydrogen) atoms. The molecule has 1 aromatic carbocycles. The number of ether oxygens (including phenoxy) is 1. The number of carbonyl (C=O) groups is 2. The summed E-state index contributed by atoms with van der Waals surface area (Å²) in [6.45, 7) is 5.57. The fourth-order valence-electron chi connectivity index (χ4n) is 3.33. The van der Waals surface area contributed by atoms with Crippen molar-refractivity contribution in [3.05, 3.63) is 46.8 Å². The second-order valence-corrected chi connectivity index (χ2v) is 6.48. The van der Waals surface area contributed by atoms with Crippen molar-refractivity contribution in [2.75, 3.05) is 19.0 Å². The third-order valence-corrected chi connectivity index (χ3v) is 4.79. The molecule has 0 aliphatic carbocycles. The molecule has 1 aliphatic rings. The van der Waals surface area contributed by atoms with E-state index in [0.717, 1.165) is 22.5 Å². The van der Waals surface area contributed by atoms with Gasteiger partial charge in [-0.05, 0) is 25.5 Å². The first-order valence-corrected chi connectivity index (χ1v) is 8.69. The number of fused-ring (bicyclic) bond motifs is 1. The maximum atomic E-state index is 12.7. The Kier molecular flexibility index (Phi) is 5.37. The van der Waals surface area contributed by atoms with E-state index in [4.69, 9.17) is 4.74 Å². The Morgan fingerprint density at radius 1 is 1.38 bits per heavy atom. The van der Waals surface area contributed by atoms with Gasteiger partial charge in [-0.25, -0.2) is 0 Å². The largest absolute Gasteiger partial charge is 0.383 e. The first kappa shape index (κ1) is 18.1. The van der Waals surface area contributed by atoms with Crippen LogP contribution >= 0.6 is 0 Å². The van der Waals surface area contributed by atoms with E-state index in [2.05, 4.69) is 15.7 Å². The zero-order chi connectivity index (χ0) is 18.7. The Labute approximate surface area is 152 Å². The molecule has 2 N–H and O–H groups in total. The van der Waals surface area contributed by atoms with Crippen molar-refractivity contribution in [1.29, 1.82) is 0 Å². The van der Waals surface area contributed by atoms with Gasteiger partial charge in [-0.3, -0.25) is 14.3 Å². The fourth-order valence-corrected chi connectivity index (χ4v) is 3.33. The summed E-state index contributed by atoms with van der Waals surface area (Å²) in [4.78, 5) is 24.7. The second-order valence-electron chi connectivity index (χ2n) is 6.48. The summed E-state index contributed by atoms with van der Waals surface area (Å²) in [5.74, 6) is -0.747. The van der Waals surface area contributed by atoms with Crippen LogP contribution in [-0.4, -0.2) is 35.3 Å². The van der Waals surface area contributed by atoms with Crippen LogP contribution in [0.2, 0.25) is 0 Å². The number of nitrogens with one attached hydrogen (secondary N) is 2. The van der Waals surface area contributed by atoms with Crippen LogP contribution in [0.25, 0.3) is 0 Å². The van der Waals surface area contributed by atoms with E-state index < -0.39 is 5.92 Å². The number of aryl methyl sites for hydroxylation is 1. The number of anilines is 1. The Morgan fingerprint density at radius 2 is 2.15 bits per heavy atom. The number of amides is 2. The third-order valence-electron chi connectivity index (χ3n) is 4.79. The van der Waals surface area contributed by atoms with E-state index in [1.165, 1.54) is 0 Å². The highest BCUT2D eigenvalue weighted by Crippen LogP contribution is 2.32. The van der Waals surface area contributed by atoms with Gasteiger partial charge in [0, 0.05) is 37.0 Å². The van der Waals surface area contributed by atoms with Gasteiger partial charge in [0.05, 0.1) is 24.8 Å². The van der Waals surface area contributed by atoms with Gasteiger partial charge in [-0.2, -0.15) is 5.10 Å². The average Bonchev–Trinajstić information content (AvgIpc) is 2.90. The van der Waals surface area contributed by atoms with Crippen molar-refractivity contribution in [2.24, 2.45) is 0 Å². The molecule has 3 rings (SSSR count). The molecule has 138 valence electrons. The highest BCUT2D eigenvalue weighted by Gasteiger charge is 2.30. The van der Waals surface area contributed by atoms with E-state index >= 15 is 0 Å². The molecule has 7 nitrogen and oxygen atoms in total. The van der Waals surface area contributed by atoms with Gasteiger partial charge >= 0.3 is 0 Å². The molecule has 0 radical (unpaired) electrons. The molecule has 0 fully saturated rings. The fraction of sp³-hybridized carbons (Fsp3) is 0.421. The number of para-hydroxylation sites is 1. The van der Waals surface area contributed by atoms with E-state index in [0.29, 0.717) is 25.4 Å². The van der Waals surface area contributed by atoms with Gasteiger partial charge in [0.25, 0.3) is 0 Å². The van der Waals surface area contributed by atoms with E-state index in [9.17, 15) is 9.59 Å². The van der Waals surface area contributed by atoms with Crippen molar-refractivity contribution in [3.63, 3.8) is 0 Å². The molecule has 1 aromatic heterocycles. The summed E-state index contributed by atoms with van der Waals surface area (Å²) in [5.41, 5.74) is 4.47. The van der Waals surface area contributed by atoms with Crippen LogP contribution < -0.4 is 10.6 Å². The lowest BCUT2D eigenvalue weighted by Gasteiger charge is -2.24. The van der Waals surface area contributed by atoms with Crippen LogP contribution in [-0.2, 0) is 27.4 Å². The summed E-state index contributed by atoms with van der Waals surface area (Å²) in [5, 5.41) is 10.3. The summed E-state index contributed by atoms with van der Waals surface area (Å²) >= 11 is 0. The number of nitrogens with zero attached hydrogens (tertiary/aromatic N) is 2. The zero-order valence-corrected chi connectivity index (χ0v) is 15.3. The highest BCUT2D eigenvalue weighted by atomic mass is 16.5. The molecular weight excluding hydrogens is 332 g/mol.